The minimum Gasteiger partial charge on any atom is -0.508 e. The van der Waals surface area contributed by atoms with Crippen LogP contribution in [0.15, 0.2) is 34.8 Å². The van der Waals surface area contributed by atoms with Gasteiger partial charge < -0.3 is 10.0 Å². The second-order valence-electron chi connectivity index (χ2n) is 6.80. The average molecular weight is 389 g/mol. The van der Waals surface area contributed by atoms with Crippen molar-refractivity contribution in [1.82, 2.24) is 9.80 Å². The summed E-state index contributed by atoms with van der Waals surface area (Å²) in [4.78, 5) is 16.5. The minimum absolute atomic E-state index is 0.303. The van der Waals surface area contributed by atoms with Crippen LogP contribution in [0, 0.1) is 5.92 Å². The van der Waals surface area contributed by atoms with Gasteiger partial charge in [-0.2, -0.15) is 0 Å². The van der Waals surface area contributed by atoms with E-state index in [0.29, 0.717) is 17.6 Å². The van der Waals surface area contributed by atoms with Crippen molar-refractivity contribution in [3.05, 3.63) is 40.4 Å². The highest BCUT2D eigenvalue weighted by atomic mass is 79.9. The first kappa shape index (κ1) is 15.9. The fourth-order valence-corrected chi connectivity index (χ4v) is 3.84. The van der Waals surface area contributed by atoms with Gasteiger partial charge in [0.2, 0.25) is 5.91 Å². The van der Waals surface area contributed by atoms with E-state index in [2.05, 4.69) is 33.0 Å². The Kier molecular flexibility index (Phi) is 4.22. The number of phenolic OH excluding ortho intramolecular Hbond substituents is 1. The Hall–Kier alpha value is -1.59. The molecule has 2 aromatic carbocycles. The van der Waals surface area contributed by atoms with Crippen LogP contribution < -0.4 is 0 Å². The zero-order valence-corrected chi connectivity index (χ0v) is 15.1. The van der Waals surface area contributed by atoms with E-state index in [9.17, 15) is 9.90 Å². The molecule has 4 rings (SSSR count). The third kappa shape index (κ3) is 3.15. The van der Waals surface area contributed by atoms with Crippen molar-refractivity contribution in [3.63, 3.8) is 0 Å². The Labute approximate surface area is 150 Å². The van der Waals surface area contributed by atoms with Gasteiger partial charge >= 0.3 is 0 Å². The zero-order valence-electron chi connectivity index (χ0n) is 13.5. The molecule has 2 aliphatic rings. The number of halogens is 1. The number of carbonyl (C=O) groups excluding carboxylic acids is 1. The van der Waals surface area contributed by atoms with Crippen LogP contribution in [0.1, 0.15) is 18.4 Å². The van der Waals surface area contributed by atoms with Gasteiger partial charge in [0.1, 0.15) is 5.75 Å². The lowest BCUT2D eigenvalue weighted by Gasteiger charge is -2.35. The lowest BCUT2D eigenvalue weighted by Crippen LogP contribution is -2.48. The molecule has 24 heavy (non-hydrogen) atoms. The van der Waals surface area contributed by atoms with Gasteiger partial charge in [-0.1, -0.05) is 28.1 Å². The Morgan fingerprint density at radius 1 is 1.12 bits per heavy atom. The van der Waals surface area contributed by atoms with E-state index in [-0.39, 0.29) is 0 Å². The molecule has 0 atom stereocenters. The van der Waals surface area contributed by atoms with Crippen LogP contribution in [-0.4, -0.2) is 47.0 Å². The van der Waals surface area contributed by atoms with E-state index in [1.165, 1.54) is 0 Å². The monoisotopic (exact) mass is 388 g/mol. The summed E-state index contributed by atoms with van der Waals surface area (Å²) in [7, 11) is 0. The molecule has 1 heterocycles. The van der Waals surface area contributed by atoms with Crippen molar-refractivity contribution in [2.45, 2.75) is 19.4 Å². The SMILES string of the molecule is O=C(C1CC1)N1CCN(Cc2c(O)ccc3cc(Br)ccc23)CC1. The predicted octanol–water partition coefficient (Wildman–Crippen LogP) is 3.36. The number of hydrogen-bond acceptors (Lipinski definition) is 3. The fraction of sp³-hybridized carbons (Fsp3) is 0.421. The van der Waals surface area contributed by atoms with Gasteiger partial charge in [0, 0.05) is 48.7 Å². The number of amides is 1. The summed E-state index contributed by atoms with van der Waals surface area (Å²) in [6.45, 7) is 4.05. The van der Waals surface area contributed by atoms with Crippen molar-refractivity contribution < 1.29 is 9.90 Å². The van der Waals surface area contributed by atoms with E-state index in [1.807, 2.05) is 17.0 Å². The summed E-state index contributed by atoms with van der Waals surface area (Å²) >= 11 is 3.50. The van der Waals surface area contributed by atoms with E-state index in [0.717, 1.165) is 66.4 Å². The zero-order chi connectivity index (χ0) is 16.7. The molecule has 1 amide bonds. The van der Waals surface area contributed by atoms with Crippen LogP contribution >= 0.6 is 15.9 Å². The highest BCUT2D eigenvalue weighted by molar-refractivity contribution is 9.10. The maximum atomic E-state index is 12.1. The van der Waals surface area contributed by atoms with Crippen LogP contribution in [0.4, 0.5) is 0 Å². The molecule has 0 unspecified atom stereocenters. The van der Waals surface area contributed by atoms with Crippen molar-refractivity contribution >= 4 is 32.6 Å². The predicted molar refractivity (Wildman–Crippen MR) is 97.9 cm³/mol. The fourth-order valence-electron chi connectivity index (χ4n) is 3.46. The number of benzene rings is 2. The van der Waals surface area contributed by atoms with Crippen molar-refractivity contribution in [3.8, 4) is 5.75 Å². The third-order valence-corrected chi connectivity index (χ3v) is 5.55. The van der Waals surface area contributed by atoms with Crippen molar-refractivity contribution in [2.75, 3.05) is 26.2 Å². The lowest BCUT2D eigenvalue weighted by atomic mass is 10.0. The summed E-state index contributed by atoms with van der Waals surface area (Å²) < 4.78 is 1.04. The summed E-state index contributed by atoms with van der Waals surface area (Å²) in [5.74, 6) is 0.992. The van der Waals surface area contributed by atoms with E-state index in [4.69, 9.17) is 0 Å². The normalized spacial score (nSPS) is 19.0. The van der Waals surface area contributed by atoms with Gasteiger partial charge in [0.05, 0.1) is 0 Å². The number of piperazine rings is 1. The van der Waals surface area contributed by atoms with Crippen LogP contribution in [-0.2, 0) is 11.3 Å². The lowest BCUT2D eigenvalue weighted by molar-refractivity contribution is -0.134. The van der Waals surface area contributed by atoms with E-state index >= 15 is 0 Å². The standard InChI is InChI=1S/C19H21BrN2O2/c20-15-4-5-16-14(11-15)3-6-18(23)17(16)12-21-7-9-22(10-8-21)19(24)13-1-2-13/h3-6,11,13,23H,1-2,7-10,12H2. The third-order valence-electron chi connectivity index (χ3n) is 5.06. The molecular weight excluding hydrogens is 368 g/mol. The molecule has 1 aliphatic heterocycles. The number of phenols is 1. The molecule has 1 N–H and O–H groups in total. The first-order valence-corrected chi connectivity index (χ1v) is 9.32. The van der Waals surface area contributed by atoms with Gasteiger partial charge in [0.15, 0.2) is 0 Å². The van der Waals surface area contributed by atoms with Crippen molar-refractivity contribution in [1.29, 1.82) is 0 Å². The summed E-state index contributed by atoms with van der Waals surface area (Å²) in [5.41, 5.74) is 0.974. The number of nitrogens with zero attached hydrogens (tertiary/aromatic N) is 2. The van der Waals surface area contributed by atoms with E-state index < -0.39 is 0 Å². The highest BCUT2D eigenvalue weighted by Crippen LogP contribution is 2.32. The quantitative estimate of drug-likeness (QED) is 0.876. The van der Waals surface area contributed by atoms with Crippen LogP contribution in [0.3, 0.4) is 0 Å². The number of fused-ring (bicyclic) bond motifs is 1. The summed E-state index contributed by atoms with van der Waals surface area (Å²) in [6, 6.07) is 9.87. The Morgan fingerprint density at radius 2 is 1.88 bits per heavy atom. The molecule has 1 saturated heterocycles. The molecule has 0 radical (unpaired) electrons. The molecule has 0 aromatic heterocycles. The molecular formula is C19H21BrN2O2. The Morgan fingerprint density at radius 3 is 2.58 bits per heavy atom. The minimum atomic E-state index is 0.303. The molecule has 2 fully saturated rings. The van der Waals surface area contributed by atoms with Gasteiger partial charge in [-0.05, 0) is 41.8 Å². The largest absolute Gasteiger partial charge is 0.508 e. The molecule has 4 nitrogen and oxygen atoms in total. The average Bonchev–Trinajstić information content (AvgIpc) is 3.42. The molecule has 1 saturated carbocycles. The van der Waals surface area contributed by atoms with Gasteiger partial charge in [-0.15, -0.1) is 0 Å². The first-order chi connectivity index (χ1) is 11.6. The second-order valence-corrected chi connectivity index (χ2v) is 7.72. The molecule has 126 valence electrons. The van der Waals surface area contributed by atoms with Crippen LogP contribution in [0.25, 0.3) is 10.8 Å². The number of hydrogen-bond donors (Lipinski definition) is 1. The highest BCUT2D eigenvalue weighted by Gasteiger charge is 2.34. The first-order valence-electron chi connectivity index (χ1n) is 8.53. The van der Waals surface area contributed by atoms with E-state index in [1.54, 1.807) is 6.07 Å². The van der Waals surface area contributed by atoms with Gasteiger partial charge in [-0.3, -0.25) is 9.69 Å². The Bertz CT molecular complexity index is 780. The second kappa shape index (κ2) is 6.37. The number of aromatic hydroxyl groups is 1. The van der Waals surface area contributed by atoms with Gasteiger partial charge in [0.25, 0.3) is 0 Å². The maximum absolute atomic E-state index is 12.1. The Balaban J connectivity index is 1.49. The molecule has 5 heteroatoms. The smallest absolute Gasteiger partial charge is 0.225 e. The summed E-state index contributed by atoms with van der Waals surface area (Å²) in [6.07, 6.45) is 2.14. The molecule has 2 aromatic rings. The van der Waals surface area contributed by atoms with Gasteiger partial charge in [-0.25, -0.2) is 0 Å². The maximum Gasteiger partial charge on any atom is 0.225 e. The molecule has 0 bridgehead atoms. The number of carbonyl (C=O) groups is 1. The number of rotatable bonds is 3. The molecule has 1 aliphatic carbocycles. The summed E-state index contributed by atoms with van der Waals surface area (Å²) in [5, 5.41) is 12.5. The van der Waals surface area contributed by atoms with Crippen LogP contribution in [0.2, 0.25) is 0 Å². The molecule has 0 spiro atoms. The van der Waals surface area contributed by atoms with Crippen LogP contribution in [0.5, 0.6) is 5.75 Å². The topological polar surface area (TPSA) is 43.8 Å². The van der Waals surface area contributed by atoms with Crippen molar-refractivity contribution in [2.24, 2.45) is 5.92 Å².